The highest BCUT2D eigenvalue weighted by molar-refractivity contribution is 6.36. The molecule has 2 N–H and O–H groups in total. The van der Waals surface area contributed by atoms with E-state index < -0.39 is 0 Å². The van der Waals surface area contributed by atoms with E-state index in [1.807, 2.05) is 30.3 Å². The van der Waals surface area contributed by atoms with Crippen molar-refractivity contribution in [2.75, 3.05) is 38.2 Å². The van der Waals surface area contributed by atoms with Crippen molar-refractivity contribution in [3.8, 4) is 11.1 Å². The highest BCUT2D eigenvalue weighted by Gasteiger charge is 2.28. The normalized spacial score (nSPS) is 21.1. The van der Waals surface area contributed by atoms with Crippen molar-refractivity contribution in [2.24, 2.45) is 5.92 Å². The van der Waals surface area contributed by atoms with Gasteiger partial charge in [0, 0.05) is 35.7 Å². The van der Waals surface area contributed by atoms with Crippen molar-refractivity contribution in [3.05, 3.63) is 76.9 Å². The molecule has 1 atom stereocenters. The third kappa shape index (κ3) is 4.56. The number of nitrogens with one attached hydrogen (secondary N) is 2. The molecule has 1 aromatic heterocycles. The van der Waals surface area contributed by atoms with Crippen LogP contribution in [-0.2, 0) is 22.4 Å². The fourth-order valence-corrected chi connectivity index (χ4v) is 5.69. The number of hydrogen-bond donors (Lipinski definition) is 2. The van der Waals surface area contributed by atoms with E-state index in [2.05, 4.69) is 21.3 Å². The van der Waals surface area contributed by atoms with Crippen LogP contribution in [-0.4, -0.2) is 48.6 Å². The predicted octanol–water partition coefficient (Wildman–Crippen LogP) is 5.14. The molecule has 1 aliphatic carbocycles. The zero-order valence-corrected chi connectivity index (χ0v) is 19.8. The van der Waals surface area contributed by atoms with Crippen LogP contribution in [0.3, 0.4) is 0 Å². The fourth-order valence-electron chi connectivity index (χ4n) is 5.69. The first-order chi connectivity index (χ1) is 17.1. The van der Waals surface area contributed by atoms with Gasteiger partial charge in [-0.15, -0.1) is 0 Å². The van der Waals surface area contributed by atoms with Gasteiger partial charge in [-0.1, -0.05) is 24.3 Å². The van der Waals surface area contributed by atoms with Gasteiger partial charge < -0.3 is 15.0 Å². The number of ether oxygens (including phenoxy) is 1. The minimum absolute atomic E-state index is 0.125. The summed E-state index contributed by atoms with van der Waals surface area (Å²) in [6.07, 6.45) is 6.49. The van der Waals surface area contributed by atoms with Crippen LogP contribution in [0.5, 0.6) is 0 Å². The lowest BCUT2D eigenvalue weighted by molar-refractivity contribution is -0.110. The number of rotatable bonds is 5. The van der Waals surface area contributed by atoms with Crippen LogP contribution in [0, 0.1) is 11.7 Å². The van der Waals surface area contributed by atoms with E-state index in [0.29, 0.717) is 11.5 Å². The summed E-state index contributed by atoms with van der Waals surface area (Å²) in [5, 5.41) is 2.98. The summed E-state index contributed by atoms with van der Waals surface area (Å²) in [7, 11) is 0. The van der Waals surface area contributed by atoms with Crippen molar-refractivity contribution in [2.45, 2.75) is 25.7 Å². The number of aromatic nitrogens is 1. The van der Waals surface area contributed by atoms with Crippen LogP contribution in [0.25, 0.3) is 22.8 Å². The van der Waals surface area contributed by atoms with Crippen molar-refractivity contribution >= 4 is 23.2 Å². The van der Waals surface area contributed by atoms with E-state index in [-0.39, 0.29) is 11.7 Å². The smallest absolute Gasteiger partial charge is 0.256 e. The zero-order valence-electron chi connectivity index (χ0n) is 19.8. The van der Waals surface area contributed by atoms with Crippen LogP contribution in [0.4, 0.5) is 10.1 Å². The number of amides is 1. The molecule has 2 aromatic carbocycles. The van der Waals surface area contributed by atoms with Crippen molar-refractivity contribution in [1.29, 1.82) is 0 Å². The van der Waals surface area contributed by atoms with Gasteiger partial charge in [0.1, 0.15) is 5.82 Å². The molecule has 5 nitrogen and oxygen atoms in total. The third-order valence-electron chi connectivity index (χ3n) is 7.54. The largest absolute Gasteiger partial charge is 0.379 e. The molecule has 0 saturated carbocycles. The second-order valence-electron chi connectivity index (χ2n) is 9.83. The number of benzene rings is 2. The number of carbonyl (C=O) groups excluding carboxylic acids is 1. The number of carbonyl (C=O) groups is 1. The van der Waals surface area contributed by atoms with E-state index in [0.717, 1.165) is 73.8 Å². The van der Waals surface area contributed by atoms with Gasteiger partial charge in [0.25, 0.3) is 5.91 Å². The molecule has 1 fully saturated rings. The molecule has 0 radical (unpaired) electrons. The molecule has 6 rings (SSSR count). The fraction of sp³-hybridized carbons (Fsp3) is 0.345. The lowest BCUT2D eigenvalue weighted by atomic mass is 9.85. The Kier molecular flexibility index (Phi) is 6.00. The third-order valence-corrected chi connectivity index (χ3v) is 7.54. The Balaban J connectivity index is 1.24. The van der Waals surface area contributed by atoms with Gasteiger partial charge in [-0.25, -0.2) is 4.39 Å². The monoisotopic (exact) mass is 471 g/mol. The van der Waals surface area contributed by atoms with Gasteiger partial charge in [-0.05, 0) is 85.2 Å². The lowest BCUT2D eigenvalue weighted by Crippen LogP contribution is -2.37. The Bertz CT molecular complexity index is 1290. The molecule has 6 heteroatoms. The first-order valence-corrected chi connectivity index (χ1v) is 12.6. The molecule has 1 amide bonds. The van der Waals surface area contributed by atoms with Crippen molar-refractivity contribution < 1.29 is 13.9 Å². The predicted molar refractivity (Wildman–Crippen MR) is 137 cm³/mol. The molecule has 3 heterocycles. The Labute approximate surface area is 205 Å². The maximum atomic E-state index is 13.9. The summed E-state index contributed by atoms with van der Waals surface area (Å²) < 4.78 is 19.4. The lowest BCUT2D eigenvalue weighted by Gasteiger charge is -2.29. The first kappa shape index (κ1) is 22.3. The summed E-state index contributed by atoms with van der Waals surface area (Å²) in [6, 6.07) is 14.5. The highest BCUT2D eigenvalue weighted by atomic mass is 19.1. The van der Waals surface area contributed by atoms with Gasteiger partial charge in [-0.2, -0.15) is 0 Å². The van der Waals surface area contributed by atoms with Gasteiger partial charge in [0.15, 0.2) is 0 Å². The summed E-state index contributed by atoms with van der Waals surface area (Å²) in [4.78, 5) is 19.0. The number of aryl methyl sites for hydroxylation is 1. The molecule has 1 saturated heterocycles. The minimum atomic E-state index is -0.289. The maximum absolute atomic E-state index is 13.9. The molecule has 180 valence electrons. The molecule has 3 aromatic rings. The summed E-state index contributed by atoms with van der Waals surface area (Å²) in [5.41, 5.74) is 7.44. The second-order valence-corrected chi connectivity index (χ2v) is 9.83. The first-order valence-electron chi connectivity index (χ1n) is 12.6. The standard InChI is InChI=1S/C29H30FN3O2/c30-22-4-1-3-20(16-22)24-5-2-6-27-28(24)25(29(34)32-27)18-23-17-21-15-19(7-8-26(21)31-23)9-10-33-11-13-35-14-12-33/h1-6,16-19,31H,7-15H2,(H,32,34). The minimum Gasteiger partial charge on any atom is -0.379 e. The zero-order chi connectivity index (χ0) is 23.8. The quantitative estimate of drug-likeness (QED) is 0.507. The number of aromatic amines is 1. The average molecular weight is 472 g/mol. The van der Waals surface area contributed by atoms with Crippen LogP contribution in [0.1, 0.15) is 35.4 Å². The SMILES string of the molecule is O=C1Nc2cccc(-c3cccc(F)c3)c2C1=Cc1cc2c([nH]1)CCC(CCN1CCOCC1)C2. The molecular formula is C29H30FN3O2. The summed E-state index contributed by atoms with van der Waals surface area (Å²) >= 11 is 0. The Morgan fingerprint density at radius 3 is 2.83 bits per heavy atom. The van der Waals surface area contributed by atoms with Gasteiger partial charge in [0.05, 0.1) is 18.8 Å². The maximum Gasteiger partial charge on any atom is 0.256 e. The highest BCUT2D eigenvalue weighted by Crippen LogP contribution is 2.41. The molecule has 2 aliphatic heterocycles. The number of fused-ring (bicyclic) bond motifs is 2. The van der Waals surface area contributed by atoms with Crippen LogP contribution < -0.4 is 5.32 Å². The average Bonchev–Trinajstić information content (AvgIpc) is 3.43. The van der Waals surface area contributed by atoms with E-state index >= 15 is 0 Å². The Morgan fingerprint density at radius 1 is 1.11 bits per heavy atom. The molecule has 35 heavy (non-hydrogen) atoms. The number of anilines is 1. The van der Waals surface area contributed by atoms with E-state index in [1.165, 1.54) is 36.2 Å². The number of H-pyrrole nitrogens is 1. The summed E-state index contributed by atoms with van der Waals surface area (Å²) in [6.45, 7) is 4.93. The number of morpholine rings is 1. The number of nitrogens with zero attached hydrogens (tertiary/aromatic N) is 1. The van der Waals surface area contributed by atoms with Gasteiger partial charge >= 0.3 is 0 Å². The summed E-state index contributed by atoms with van der Waals surface area (Å²) in [5.74, 6) is 0.277. The number of halogens is 1. The molecule has 0 bridgehead atoms. The van der Waals surface area contributed by atoms with Gasteiger partial charge in [0.2, 0.25) is 0 Å². The van der Waals surface area contributed by atoms with Crippen molar-refractivity contribution in [3.63, 3.8) is 0 Å². The van der Waals surface area contributed by atoms with Crippen LogP contribution in [0.2, 0.25) is 0 Å². The second kappa shape index (κ2) is 9.44. The van der Waals surface area contributed by atoms with E-state index in [1.54, 1.807) is 6.07 Å². The van der Waals surface area contributed by atoms with E-state index in [9.17, 15) is 9.18 Å². The molecular weight excluding hydrogens is 441 g/mol. The van der Waals surface area contributed by atoms with E-state index in [4.69, 9.17) is 4.74 Å². The molecule has 3 aliphatic rings. The molecule has 0 spiro atoms. The molecule has 1 unspecified atom stereocenters. The Hall–Kier alpha value is -3.22. The van der Waals surface area contributed by atoms with Crippen molar-refractivity contribution in [1.82, 2.24) is 9.88 Å². The Morgan fingerprint density at radius 2 is 1.97 bits per heavy atom. The van der Waals surface area contributed by atoms with Crippen LogP contribution >= 0.6 is 0 Å². The van der Waals surface area contributed by atoms with Crippen LogP contribution in [0.15, 0.2) is 48.5 Å². The topological polar surface area (TPSA) is 57.4 Å². The van der Waals surface area contributed by atoms with Gasteiger partial charge in [-0.3, -0.25) is 9.69 Å². The number of hydrogen-bond acceptors (Lipinski definition) is 3.